The Kier molecular flexibility index (Phi) is 4.48. The largest absolute Gasteiger partial charge is 0.484 e. The Morgan fingerprint density at radius 2 is 2.12 bits per heavy atom. The van der Waals surface area contributed by atoms with Crippen molar-refractivity contribution in [3.63, 3.8) is 0 Å². The van der Waals surface area contributed by atoms with Gasteiger partial charge >= 0.3 is 0 Å². The van der Waals surface area contributed by atoms with Gasteiger partial charge in [0.2, 0.25) is 11.7 Å². The van der Waals surface area contributed by atoms with Gasteiger partial charge in [0.25, 0.3) is 5.91 Å². The summed E-state index contributed by atoms with van der Waals surface area (Å²) in [5, 5.41) is 8.76. The van der Waals surface area contributed by atoms with E-state index >= 15 is 0 Å². The van der Waals surface area contributed by atoms with Crippen molar-refractivity contribution in [2.45, 2.75) is 13.5 Å². The predicted octanol–water partition coefficient (Wildman–Crippen LogP) is 1.81. The molecule has 1 aromatic carbocycles. The van der Waals surface area contributed by atoms with Crippen LogP contribution in [0.4, 0.5) is 0 Å². The SMILES string of the molecule is Cc1nn(Cc2nc(-c3ccc(OCC(N)=O)cc3)no2)cc1Cl. The molecule has 9 heteroatoms. The summed E-state index contributed by atoms with van der Waals surface area (Å²) in [5.41, 5.74) is 6.52. The summed E-state index contributed by atoms with van der Waals surface area (Å²) in [5.74, 6) is 0.860. The molecule has 1 amide bonds. The summed E-state index contributed by atoms with van der Waals surface area (Å²) in [6.07, 6.45) is 1.70. The van der Waals surface area contributed by atoms with E-state index in [0.717, 1.165) is 11.3 Å². The summed E-state index contributed by atoms with van der Waals surface area (Å²) in [4.78, 5) is 15.0. The van der Waals surface area contributed by atoms with Crippen molar-refractivity contribution < 1.29 is 14.1 Å². The number of aryl methyl sites for hydroxylation is 1. The van der Waals surface area contributed by atoms with Gasteiger partial charge in [-0.3, -0.25) is 9.48 Å². The highest BCUT2D eigenvalue weighted by atomic mass is 35.5. The van der Waals surface area contributed by atoms with Crippen molar-refractivity contribution in [2.75, 3.05) is 6.61 Å². The van der Waals surface area contributed by atoms with Gasteiger partial charge in [0, 0.05) is 11.8 Å². The second kappa shape index (κ2) is 6.71. The fraction of sp³-hybridized carbons (Fsp3) is 0.200. The van der Waals surface area contributed by atoms with E-state index in [1.807, 2.05) is 6.92 Å². The highest BCUT2D eigenvalue weighted by molar-refractivity contribution is 6.31. The summed E-state index contributed by atoms with van der Waals surface area (Å²) >= 11 is 5.97. The Hall–Kier alpha value is -2.87. The van der Waals surface area contributed by atoms with Crippen molar-refractivity contribution in [1.82, 2.24) is 19.9 Å². The second-order valence-electron chi connectivity index (χ2n) is 5.05. The van der Waals surface area contributed by atoms with E-state index < -0.39 is 5.91 Å². The van der Waals surface area contributed by atoms with Crippen LogP contribution in [0.1, 0.15) is 11.6 Å². The number of halogens is 1. The van der Waals surface area contributed by atoms with Crippen LogP contribution in [0.15, 0.2) is 35.0 Å². The molecular weight excluding hydrogens is 334 g/mol. The Labute approximate surface area is 142 Å². The summed E-state index contributed by atoms with van der Waals surface area (Å²) in [7, 11) is 0. The second-order valence-corrected chi connectivity index (χ2v) is 5.46. The summed E-state index contributed by atoms with van der Waals surface area (Å²) in [6.45, 7) is 1.98. The number of aromatic nitrogens is 4. The molecule has 24 heavy (non-hydrogen) atoms. The number of rotatable bonds is 6. The molecule has 0 fully saturated rings. The molecule has 0 aliphatic heterocycles. The van der Waals surface area contributed by atoms with Crippen LogP contribution in [0.3, 0.4) is 0 Å². The average molecular weight is 348 g/mol. The number of primary amides is 1. The Bertz CT molecular complexity index is 837. The van der Waals surface area contributed by atoms with Crippen LogP contribution in [-0.2, 0) is 11.3 Å². The lowest BCUT2D eigenvalue weighted by molar-refractivity contribution is -0.119. The maximum atomic E-state index is 10.7. The van der Waals surface area contributed by atoms with Crippen LogP contribution in [0.2, 0.25) is 5.02 Å². The third kappa shape index (κ3) is 3.72. The van der Waals surface area contributed by atoms with Gasteiger partial charge in [-0.1, -0.05) is 16.8 Å². The Morgan fingerprint density at radius 1 is 1.38 bits per heavy atom. The maximum Gasteiger partial charge on any atom is 0.255 e. The molecule has 2 heterocycles. The minimum atomic E-state index is -0.532. The third-order valence-corrected chi connectivity index (χ3v) is 3.52. The van der Waals surface area contributed by atoms with Gasteiger partial charge in [-0.05, 0) is 31.2 Å². The first-order valence-electron chi connectivity index (χ1n) is 7.05. The van der Waals surface area contributed by atoms with Gasteiger partial charge in [0.1, 0.15) is 12.3 Å². The highest BCUT2D eigenvalue weighted by Gasteiger charge is 2.11. The van der Waals surface area contributed by atoms with E-state index in [9.17, 15) is 4.79 Å². The number of nitrogens with zero attached hydrogens (tertiary/aromatic N) is 4. The topological polar surface area (TPSA) is 109 Å². The number of carbonyl (C=O) groups is 1. The molecule has 0 radical (unpaired) electrons. The van der Waals surface area contributed by atoms with Crippen molar-refractivity contribution >= 4 is 17.5 Å². The molecule has 0 spiro atoms. The molecule has 0 aliphatic rings. The van der Waals surface area contributed by atoms with Crippen LogP contribution in [0.25, 0.3) is 11.4 Å². The first-order chi connectivity index (χ1) is 11.5. The first kappa shape index (κ1) is 16.0. The van der Waals surface area contributed by atoms with Gasteiger partial charge in [0.15, 0.2) is 6.61 Å². The predicted molar refractivity (Wildman–Crippen MR) is 85.5 cm³/mol. The van der Waals surface area contributed by atoms with E-state index in [1.165, 1.54) is 0 Å². The molecule has 3 rings (SSSR count). The van der Waals surface area contributed by atoms with Gasteiger partial charge < -0.3 is 15.0 Å². The fourth-order valence-electron chi connectivity index (χ4n) is 2.00. The number of amides is 1. The Balaban J connectivity index is 1.69. The minimum Gasteiger partial charge on any atom is -0.484 e. The standard InChI is InChI=1S/C15H14ClN5O3/c1-9-12(16)6-21(19-9)7-14-18-15(20-24-14)10-2-4-11(5-3-10)23-8-13(17)22/h2-6H,7-8H2,1H3,(H2,17,22). The zero-order valence-corrected chi connectivity index (χ0v) is 13.5. The van der Waals surface area contributed by atoms with E-state index in [4.69, 9.17) is 26.6 Å². The number of ether oxygens (including phenoxy) is 1. The third-order valence-electron chi connectivity index (χ3n) is 3.15. The lowest BCUT2D eigenvalue weighted by Gasteiger charge is -2.03. The van der Waals surface area contributed by atoms with E-state index in [1.54, 1.807) is 35.1 Å². The molecule has 8 nitrogen and oxygen atoms in total. The number of nitrogens with two attached hydrogens (primary N) is 1. The molecule has 3 aromatic rings. The average Bonchev–Trinajstić information content (AvgIpc) is 3.13. The van der Waals surface area contributed by atoms with E-state index in [2.05, 4.69) is 15.2 Å². The number of carbonyl (C=O) groups excluding carboxylic acids is 1. The monoisotopic (exact) mass is 347 g/mol. The fourth-order valence-corrected chi connectivity index (χ4v) is 2.15. The normalized spacial score (nSPS) is 10.8. The summed E-state index contributed by atoms with van der Waals surface area (Å²) in [6, 6.07) is 6.93. The molecule has 0 unspecified atom stereocenters. The molecule has 2 aromatic heterocycles. The molecule has 0 atom stereocenters. The van der Waals surface area contributed by atoms with Crippen LogP contribution in [0, 0.1) is 6.92 Å². The highest BCUT2D eigenvalue weighted by Crippen LogP contribution is 2.20. The van der Waals surface area contributed by atoms with E-state index in [0.29, 0.717) is 29.0 Å². The van der Waals surface area contributed by atoms with Gasteiger partial charge in [-0.2, -0.15) is 10.1 Å². The molecule has 0 aliphatic carbocycles. The maximum absolute atomic E-state index is 10.7. The van der Waals surface area contributed by atoms with E-state index in [-0.39, 0.29) is 6.61 Å². The van der Waals surface area contributed by atoms with Crippen molar-refractivity contribution in [3.05, 3.63) is 47.1 Å². The molecule has 0 bridgehead atoms. The van der Waals surface area contributed by atoms with Crippen LogP contribution >= 0.6 is 11.6 Å². The Morgan fingerprint density at radius 3 is 2.75 bits per heavy atom. The lowest BCUT2D eigenvalue weighted by Crippen LogP contribution is -2.19. The number of benzene rings is 1. The van der Waals surface area contributed by atoms with Crippen LogP contribution in [0.5, 0.6) is 5.75 Å². The molecule has 0 saturated heterocycles. The van der Waals surface area contributed by atoms with Gasteiger partial charge in [-0.25, -0.2) is 0 Å². The quantitative estimate of drug-likeness (QED) is 0.728. The van der Waals surface area contributed by atoms with Crippen LogP contribution in [-0.4, -0.2) is 32.4 Å². The molecule has 2 N–H and O–H groups in total. The molecule has 124 valence electrons. The molecule has 0 saturated carbocycles. The zero-order valence-electron chi connectivity index (χ0n) is 12.8. The van der Waals surface area contributed by atoms with Crippen LogP contribution < -0.4 is 10.5 Å². The minimum absolute atomic E-state index is 0.169. The smallest absolute Gasteiger partial charge is 0.255 e. The number of hydrogen-bond acceptors (Lipinski definition) is 6. The van der Waals surface area contributed by atoms with Gasteiger partial charge in [-0.15, -0.1) is 0 Å². The van der Waals surface area contributed by atoms with Crippen molar-refractivity contribution in [1.29, 1.82) is 0 Å². The number of hydrogen-bond donors (Lipinski definition) is 1. The zero-order chi connectivity index (χ0) is 17.1. The van der Waals surface area contributed by atoms with Crippen molar-refractivity contribution in [3.8, 4) is 17.1 Å². The van der Waals surface area contributed by atoms with Crippen molar-refractivity contribution in [2.24, 2.45) is 5.73 Å². The lowest BCUT2D eigenvalue weighted by atomic mass is 10.2. The molecular formula is C15H14ClN5O3. The summed E-state index contributed by atoms with van der Waals surface area (Å²) < 4.78 is 12.1. The first-order valence-corrected chi connectivity index (χ1v) is 7.43. The van der Waals surface area contributed by atoms with Gasteiger partial charge in [0.05, 0.1) is 10.7 Å².